The van der Waals surface area contributed by atoms with Crippen LogP contribution in [-0.4, -0.2) is 17.4 Å². The molecule has 4 rings (SSSR count). The fraction of sp³-hybridized carbons (Fsp3) is 0.348. The quantitative estimate of drug-likeness (QED) is 0.558. The van der Waals surface area contributed by atoms with Gasteiger partial charge in [-0.05, 0) is 55.2 Å². The molecule has 0 N–H and O–H groups in total. The molecule has 5 nitrogen and oxygen atoms in total. The van der Waals surface area contributed by atoms with Gasteiger partial charge in [-0.15, -0.1) is 0 Å². The van der Waals surface area contributed by atoms with Crippen molar-refractivity contribution in [1.29, 1.82) is 0 Å². The van der Waals surface area contributed by atoms with Crippen LogP contribution in [0.1, 0.15) is 42.1 Å². The zero-order valence-electron chi connectivity index (χ0n) is 16.3. The monoisotopic (exact) mass is 379 g/mol. The first-order valence-electron chi connectivity index (χ1n) is 9.67. The molecule has 2 unspecified atom stereocenters. The maximum absolute atomic E-state index is 12.9. The molecule has 1 amide bonds. The molecule has 1 aromatic carbocycles. The number of para-hydroxylation sites is 1. The van der Waals surface area contributed by atoms with E-state index in [9.17, 15) is 4.79 Å². The Morgan fingerprint density at radius 1 is 1.11 bits per heavy atom. The maximum Gasteiger partial charge on any atom is 0.261 e. The van der Waals surface area contributed by atoms with Crippen molar-refractivity contribution < 1.29 is 18.4 Å². The van der Waals surface area contributed by atoms with Gasteiger partial charge in [0.1, 0.15) is 23.0 Å². The summed E-state index contributed by atoms with van der Waals surface area (Å²) in [7, 11) is 0. The van der Waals surface area contributed by atoms with Gasteiger partial charge in [-0.1, -0.05) is 25.1 Å². The van der Waals surface area contributed by atoms with Gasteiger partial charge in [-0.25, -0.2) is 0 Å². The largest absolute Gasteiger partial charge is 0.484 e. The molecule has 2 aromatic heterocycles. The van der Waals surface area contributed by atoms with Crippen molar-refractivity contribution in [2.24, 2.45) is 5.92 Å². The molecule has 2 heterocycles. The van der Waals surface area contributed by atoms with Crippen LogP contribution in [0.15, 0.2) is 63.6 Å². The lowest BCUT2D eigenvalue weighted by Gasteiger charge is -2.21. The highest BCUT2D eigenvalue weighted by atomic mass is 16.5. The minimum Gasteiger partial charge on any atom is -0.484 e. The van der Waals surface area contributed by atoms with Crippen LogP contribution in [0.4, 0.5) is 0 Å². The molecular weight excluding hydrogens is 354 g/mol. The van der Waals surface area contributed by atoms with Gasteiger partial charge in [0.15, 0.2) is 6.61 Å². The Bertz CT molecular complexity index is 928. The average molecular weight is 379 g/mol. The fourth-order valence-electron chi connectivity index (χ4n) is 3.36. The van der Waals surface area contributed by atoms with Gasteiger partial charge in [0.25, 0.3) is 5.91 Å². The van der Waals surface area contributed by atoms with Crippen molar-refractivity contribution >= 4 is 5.91 Å². The number of rotatable bonds is 8. The number of ether oxygens (including phenoxy) is 1. The number of furan rings is 2. The van der Waals surface area contributed by atoms with Gasteiger partial charge in [0.2, 0.25) is 0 Å². The Kier molecular flexibility index (Phi) is 5.24. The standard InChI is InChI=1S/C23H25NO4/c1-16-6-3-4-8-21(16)27-15-23(25)24(13-18-7-5-11-26-18)14-19-9-10-22(28-19)20-12-17(20)2/h3-11,17,20H,12-15H2,1-2H3. The maximum atomic E-state index is 12.9. The number of carbonyl (C=O) groups is 1. The first kappa shape index (κ1) is 18.4. The smallest absolute Gasteiger partial charge is 0.261 e. The van der Waals surface area contributed by atoms with Gasteiger partial charge in [0, 0.05) is 5.92 Å². The van der Waals surface area contributed by atoms with Crippen molar-refractivity contribution in [3.05, 3.63) is 77.6 Å². The van der Waals surface area contributed by atoms with Crippen molar-refractivity contribution in [3.8, 4) is 5.75 Å². The van der Waals surface area contributed by atoms with Crippen LogP contribution >= 0.6 is 0 Å². The minimum absolute atomic E-state index is 0.0290. The summed E-state index contributed by atoms with van der Waals surface area (Å²) in [5.41, 5.74) is 1.00. The molecule has 1 aliphatic carbocycles. The molecule has 0 spiro atoms. The van der Waals surface area contributed by atoms with E-state index in [-0.39, 0.29) is 12.5 Å². The third-order valence-electron chi connectivity index (χ3n) is 5.23. The Labute approximate surface area is 164 Å². The van der Waals surface area contributed by atoms with E-state index in [0.29, 0.717) is 24.9 Å². The van der Waals surface area contributed by atoms with Crippen LogP contribution in [0.3, 0.4) is 0 Å². The van der Waals surface area contributed by atoms with E-state index in [1.165, 1.54) is 6.42 Å². The number of carbonyl (C=O) groups excluding carboxylic acids is 1. The summed E-state index contributed by atoms with van der Waals surface area (Å²) in [6.07, 6.45) is 2.79. The van der Waals surface area contributed by atoms with E-state index in [1.54, 1.807) is 11.2 Å². The highest BCUT2D eigenvalue weighted by Crippen LogP contribution is 2.47. The number of aryl methyl sites for hydroxylation is 1. The van der Waals surface area contributed by atoms with E-state index >= 15 is 0 Å². The second-order valence-electron chi connectivity index (χ2n) is 7.51. The summed E-state index contributed by atoms with van der Waals surface area (Å²) >= 11 is 0. The Hall–Kier alpha value is -2.95. The van der Waals surface area contributed by atoms with Crippen LogP contribution in [-0.2, 0) is 17.9 Å². The molecule has 1 fully saturated rings. The van der Waals surface area contributed by atoms with Crippen LogP contribution in [0.2, 0.25) is 0 Å². The minimum atomic E-state index is -0.114. The van der Waals surface area contributed by atoms with Crippen molar-refractivity contribution in [3.63, 3.8) is 0 Å². The predicted octanol–water partition coefficient (Wildman–Crippen LogP) is 4.91. The Morgan fingerprint density at radius 2 is 1.89 bits per heavy atom. The molecule has 28 heavy (non-hydrogen) atoms. The highest BCUT2D eigenvalue weighted by molar-refractivity contribution is 5.77. The normalized spacial score (nSPS) is 18.1. The highest BCUT2D eigenvalue weighted by Gasteiger charge is 2.36. The second-order valence-corrected chi connectivity index (χ2v) is 7.51. The summed E-state index contributed by atoms with van der Waals surface area (Å²) in [4.78, 5) is 14.6. The lowest BCUT2D eigenvalue weighted by molar-refractivity contribution is -0.135. The number of benzene rings is 1. The summed E-state index contributed by atoms with van der Waals surface area (Å²) < 4.78 is 17.2. The molecule has 1 aliphatic rings. The third kappa shape index (κ3) is 4.30. The van der Waals surface area contributed by atoms with Gasteiger partial charge >= 0.3 is 0 Å². The summed E-state index contributed by atoms with van der Waals surface area (Å²) in [6.45, 7) is 4.92. The summed E-state index contributed by atoms with van der Waals surface area (Å²) in [5, 5.41) is 0. The fourth-order valence-corrected chi connectivity index (χ4v) is 3.36. The van der Waals surface area contributed by atoms with Crippen molar-refractivity contribution in [1.82, 2.24) is 4.90 Å². The number of hydrogen-bond acceptors (Lipinski definition) is 4. The molecule has 2 atom stereocenters. The van der Waals surface area contributed by atoms with Crippen LogP contribution in [0.5, 0.6) is 5.75 Å². The summed E-state index contributed by atoms with van der Waals surface area (Å²) in [6, 6.07) is 15.4. The van der Waals surface area contributed by atoms with Crippen LogP contribution < -0.4 is 4.74 Å². The molecule has 0 radical (unpaired) electrons. The number of amides is 1. The van der Waals surface area contributed by atoms with E-state index in [0.717, 1.165) is 28.6 Å². The Morgan fingerprint density at radius 3 is 2.61 bits per heavy atom. The van der Waals surface area contributed by atoms with E-state index in [1.807, 2.05) is 55.5 Å². The molecule has 146 valence electrons. The lowest BCUT2D eigenvalue weighted by Crippen LogP contribution is -2.34. The molecule has 0 aliphatic heterocycles. The van der Waals surface area contributed by atoms with E-state index in [2.05, 4.69) is 6.92 Å². The van der Waals surface area contributed by atoms with E-state index < -0.39 is 0 Å². The Balaban J connectivity index is 1.44. The second kappa shape index (κ2) is 7.97. The van der Waals surface area contributed by atoms with Gasteiger partial charge < -0.3 is 18.5 Å². The summed E-state index contributed by atoms with van der Waals surface area (Å²) in [5.74, 6) is 4.34. The topological polar surface area (TPSA) is 55.8 Å². The molecule has 0 saturated heterocycles. The first-order chi connectivity index (χ1) is 13.6. The first-order valence-corrected chi connectivity index (χ1v) is 9.67. The lowest BCUT2D eigenvalue weighted by atomic mass is 10.2. The molecular formula is C23H25NO4. The molecule has 0 bridgehead atoms. The van der Waals surface area contributed by atoms with Crippen molar-refractivity contribution in [2.45, 2.75) is 39.3 Å². The van der Waals surface area contributed by atoms with Gasteiger partial charge in [0.05, 0.1) is 19.4 Å². The predicted molar refractivity (Wildman–Crippen MR) is 105 cm³/mol. The van der Waals surface area contributed by atoms with Gasteiger partial charge in [-0.2, -0.15) is 0 Å². The molecule has 3 aromatic rings. The molecule has 5 heteroatoms. The SMILES string of the molecule is Cc1ccccc1OCC(=O)N(Cc1ccco1)Cc1ccc(C2CC2C)o1. The van der Waals surface area contributed by atoms with Crippen LogP contribution in [0, 0.1) is 12.8 Å². The zero-order valence-corrected chi connectivity index (χ0v) is 16.3. The van der Waals surface area contributed by atoms with E-state index in [4.69, 9.17) is 13.6 Å². The third-order valence-corrected chi connectivity index (χ3v) is 5.23. The van der Waals surface area contributed by atoms with Crippen LogP contribution in [0.25, 0.3) is 0 Å². The average Bonchev–Trinajstić information content (AvgIpc) is 3.08. The van der Waals surface area contributed by atoms with Crippen molar-refractivity contribution in [2.75, 3.05) is 6.61 Å². The molecule has 1 saturated carbocycles. The number of hydrogen-bond donors (Lipinski definition) is 0. The van der Waals surface area contributed by atoms with Gasteiger partial charge in [-0.3, -0.25) is 4.79 Å². The zero-order chi connectivity index (χ0) is 19.5. The number of nitrogens with zero attached hydrogens (tertiary/aromatic N) is 1.